The standard InChI is InChI=1S/C14H31N3/c1-5-15-10-9-13(3)16(4)12-14-8-7-11-17(14)6-2/h13-15H,5-12H2,1-4H3. The van der Waals surface area contributed by atoms with E-state index in [9.17, 15) is 0 Å². The molecule has 2 unspecified atom stereocenters. The van der Waals surface area contributed by atoms with E-state index in [2.05, 4.69) is 42.9 Å². The summed E-state index contributed by atoms with van der Waals surface area (Å²) >= 11 is 0. The molecule has 3 nitrogen and oxygen atoms in total. The lowest BCUT2D eigenvalue weighted by molar-refractivity contribution is 0.165. The fraction of sp³-hybridized carbons (Fsp3) is 1.00. The normalized spacial score (nSPS) is 23.5. The van der Waals surface area contributed by atoms with Crippen molar-refractivity contribution >= 4 is 0 Å². The van der Waals surface area contributed by atoms with Crippen LogP contribution in [-0.2, 0) is 0 Å². The van der Waals surface area contributed by atoms with Gasteiger partial charge in [0.2, 0.25) is 0 Å². The minimum Gasteiger partial charge on any atom is -0.317 e. The Morgan fingerprint density at radius 3 is 2.82 bits per heavy atom. The molecular formula is C14H31N3. The SMILES string of the molecule is CCNCCC(C)N(C)CC1CCCN1CC. The maximum Gasteiger partial charge on any atom is 0.0223 e. The Morgan fingerprint density at radius 2 is 2.18 bits per heavy atom. The number of rotatable bonds is 8. The summed E-state index contributed by atoms with van der Waals surface area (Å²) in [4.78, 5) is 5.17. The molecular weight excluding hydrogens is 210 g/mol. The second kappa shape index (κ2) is 8.06. The molecule has 0 radical (unpaired) electrons. The molecule has 1 heterocycles. The van der Waals surface area contributed by atoms with Crippen LogP contribution in [0.2, 0.25) is 0 Å². The lowest BCUT2D eigenvalue weighted by Gasteiger charge is -2.31. The van der Waals surface area contributed by atoms with Gasteiger partial charge in [-0.1, -0.05) is 13.8 Å². The van der Waals surface area contributed by atoms with Crippen LogP contribution in [0.5, 0.6) is 0 Å². The van der Waals surface area contributed by atoms with Gasteiger partial charge in [-0.3, -0.25) is 4.90 Å². The first kappa shape index (κ1) is 14.9. The van der Waals surface area contributed by atoms with Gasteiger partial charge in [0.1, 0.15) is 0 Å². The molecule has 1 aliphatic rings. The zero-order chi connectivity index (χ0) is 12.7. The predicted molar refractivity (Wildman–Crippen MR) is 75.5 cm³/mol. The van der Waals surface area contributed by atoms with E-state index in [-0.39, 0.29) is 0 Å². The van der Waals surface area contributed by atoms with Crippen molar-refractivity contribution in [1.29, 1.82) is 0 Å². The second-order valence-electron chi connectivity index (χ2n) is 5.36. The zero-order valence-electron chi connectivity index (χ0n) is 12.2. The van der Waals surface area contributed by atoms with Crippen molar-refractivity contribution in [2.75, 3.05) is 39.8 Å². The molecule has 0 amide bonds. The van der Waals surface area contributed by atoms with Crippen molar-refractivity contribution in [2.45, 2.75) is 52.1 Å². The number of nitrogens with one attached hydrogen (secondary N) is 1. The molecule has 0 aliphatic carbocycles. The van der Waals surface area contributed by atoms with Gasteiger partial charge in [0.25, 0.3) is 0 Å². The molecule has 1 fully saturated rings. The molecule has 0 saturated carbocycles. The van der Waals surface area contributed by atoms with Gasteiger partial charge < -0.3 is 10.2 Å². The predicted octanol–water partition coefficient (Wildman–Crippen LogP) is 1.79. The molecule has 0 aromatic heterocycles. The smallest absolute Gasteiger partial charge is 0.0223 e. The summed E-state index contributed by atoms with van der Waals surface area (Å²) in [5.41, 5.74) is 0. The van der Waals surface area contributed by atoms with Gasteiger partial charge in [-0.05, 0) is 59.4 Å². The molecule has 0 aromatic carbocycles. The summed E-state index contributed by atoms with van der Waals surface area (Å²) in [6.45, 7) is 12.8. The molecule has 1 N–H and O–H groups in total. The Kier molecular flexibility index (Phi) is 7.09. The molecule has 0 aromatic rings. The molecule has 1 saturated heterocycles. The van der Waals surface area contributed by atoms with E-state index >= 15 is 0 Å². The molecule has 3 heteroatoms. The Bertz CT molecular complexity index is 196. The Morgan fingerprint density at radius 1 is 1.41 bits per heavy atom. The van der Waals surface area contributed by atoms with Gasteiger partial charge in [-0.2, -0.15) is 0 Å². The number of hydrogen-bond acceptors (Lipinski definition) is 3. The fourth-order valence-corrected chi connectivity index (χ4v) is 2.74. The first-order chi connectivity index (χ1) is 8.19. The fourth-order valence-electron chi connectivity index (χ4n) is 2.74. The minimum absolute atomic E-state index is 0.688. The average molecular weight is 241 g/mol. The van der Waals surface area contributed by atoms with E-state index in [1.54, 1.807) is 0 Å². The minimum atomic E-state index is 0.688. The van der Waals surface area contributed by atoms with Crippen LogP contribution in [-0.4, -0.2) is 61.7 Å². The highest BCUT2D eigenvalue weighted by molar-refractivity contribution is 4.81. The van der Waals surface area contributed by atoms with Crippen LogP contribution >= 0.6 is 0 Å². The van der Waals surface area contributed by atoms with Gasteiger partial charge in [-0.15, -0.1) is 0 Å². The van der Waals surface area contributed by atoms with Crippen molar-refractivity contribution in [1.82, 2.24) is 15.1 Å². The molecule has 0 bridgehead atoms. The maximum atomic E-state index is 3.41. The van der Waals surface area contributed by atoms with E-state index in [0.717, 1.165) is 19.1 Å². The van der Waals surface area contributed by atoms with Crippen molar-refractivity contribution in [2.24, 2.45) is 0 Å². The number of hydrogen-bond donors (Lipinski definition) is 1. The van der Waals surface area contributed by atoms with Crippen LogP contribution in [0.15, 0.2) is 0 Å². The van der Waals surface area contributed by atoms with Crippen molar-refractivity contribution in [3.05, 3.63) is 0 Å². The summed E-state index contributed by atoms with van der Waals surface area (Å²) in [5.74, 6) is 0. The summed E-state index contributed by atoms with van der Waals surface area (Å²) < 4.78 is 0. The van der Waals surface area contributed by atoms with E-state index in [1.165, 1.54) is 38.9 Å². The van der Waals surface area contributed by atoms with E-state index in [4.69, 9.17) is 0 Å². The monoisotopic (exact) mass is 241 g/mol. The van der Waals surface area contributed by atoms with Crippen molar-refractivity contribution in [3.8, 4) is 0 Å². The molecule has 0 spiro atoms. The van der Waals surface area contributed by atoms with Gasteiger partial charge in [0.05, 0.1) is 0 Å². The summed E-state index contributed by atoms with van der Waals surface area (Å²) in [6.07, 6.45) is 4.03. The topological polar surface area (TPSA) is 18.5 Å². The lowest BCUT2D eigenvalue weighted by Crippen LogP contribution is -2.42. The maximum absolute atomic E-state index is 3.41. The van der Waals surface area contributed by atoms with Crippen LogP contribution in [0.3, 0.4) is 0 Å². The van der Waals surface area contributed by atoms with Gasteiger partial charge in [0, 0.05) is 18.6 Å². The molecule has 17 heavy (non-hydrogen) atoms. The van der Waals surface area contributed by atoms with Crippen molar-refractivity contribution < 1.29 is 0 Å². The third-order valence-corrected chi connectivity index (χ3v) is 4.15. The highest BCUT2D eigenvalue weighted by atomic mass is 15.2. The first-order valence-corrected chi connectivity index (χ1v) is 7.34. The van der Waals surface area contributed by atoms with E-state index < -0.39 is 0 Å². The Labute approximate surface area is 108 Å². The lowest BCUT2D eigenvalue weighted by atomic mass is 10.1. The van der Waals surface area contributed by atoms with E-state index in [0.29, 0.717) is 6.04 Å². The Balaban J connectivity index is 2.24. The summed E-state index contributed by atoms with van der Waals surface area (Å²) in [7, 11) is 2.28. The molecule has 1 rings (SSSR count). The number of nitrogens with zero attached hydrogens (tertiary/aromatic N) is 2. The second-order valence-corrected chi connectivity index (χ2v) is 5.36. The largest absolute Gasteiger partial charge is 0.317 e. The third-order valence-electron chi connectivity index (χ3n) is 4.15. The Hall–Kier alpha value is -0.120. The van der Waals surface area contributed by atoms with E-state index in [1.807, 2.05) is 0 Å². The molecule has 2 atom stereocenters. The van der Waals surface area contributed by atoms with Gasteiger partial charge in [0.15, 0.2) is 0 Å². The summed E-state index contributed by atoms with van der Waals surface area (Å²) in [6, 6.07) is 1.49. The van der Waals surface area contributed by atoms with Crippen LogP contribution in [0, 0.1) is 0 Å². The molecule has 102 valence electrons. The van der Waals surface area contributed by atoms with Crippen LogP contribution in [0.25, 0.3) is 0 Å². The van der Waals surface area contributed by atoms with Crippen LogP contribution in [0.4, 0.5) is 0 Å². The quantitative estimate of drug-likeness (QED) is 0.654. The highest BCUT2D eigenvalue weighted by Gasteiger charge is 2.25. The first-order valence-electron chi connectivity index (χ1n) is 7.34. The number of likely N-dealkylation sites (N-methyl/N-ethyl adjacent to an activating group) is 2. The average Bonchev–Trinajstić information content (AvgIpc) is 2.76. The van der Waals surface area contributed by atoms with Crippen molar-refractivity contribution in [3.63, 3.8) is 0 Å². The highest BCUT2D eigenvalue weighted by Crippen LogP contribution is 2.18. The number of likely N-dealkylation sites (tertiary alicyclic amines) is 1. The molecule has 1 aliphatic heterocycles. The van der Waals surface area contributed by atoms with Gasteiger partial charge in [-0.25, -0.2) is 0 Å². The third kappa shape index (κ3) is 4.94. The van der Waals surface area contributed by atoms with Crippen LogP contribution < -0.4 is 5.32 Å². The summed E-state index contributed by atoms with van der Waals surface area (Å²) in [5, 5.41) is 3.41. The van der Waals surface area contributed by atoms with Gasteiger partial charge >= 0.3 is 0 Å². The zero-order valence-corrected chi connectivity index (χ0v) is 12.2. The van der Waals surface area contributed by atoms with Crippen LogP contribution in [0.1, 0.15) is 40.0 Å².